The number of ether oxygens (including phenoxy) is 1. The van der Waals surface area contributed by atoms with Crippen LogP contribution in [0, 0.1) is 5.41 Å². The Morgan fingerprint density at radius 3 is 2.35 bits per heavy atom. The van der Waals surface area contributed by atoms with Gasteiger partial charge in [0.2, 0.25) is 0 Å². The van der Waals surface area contributed by atoms with Crippen LogP contribution in [0.15, 0.2) is 30.3 Å². The maximum absolute atomic E-state index is 11.8. The van der Waals surface area contributed by atoms with E-state index in [0.717, 1.165) is 5.56 Å². The lowest BCUT2D eigenvalue weighted by Gasteiger charge is -2.18. The first-order valence-electron chi connectivity index (χ1n) is 8.06. The molecule has 0 aromatic heterocycles. The van der Waals surface area contributed by atoms with E-state index < -0.39 is 34.0 Å². The van der Waals surface area contributed by atoms with Crippen LogP contribution in [0.25, 0.3) is 0 Å². The second-order valence-electron chi connectivity index (χ2n) is 6.97. The number of carboxylic acid groups (broad SMARTS) is 1. The standard InChI is InChI=1S/C17H25NO7S/c1-17(2,3)12-25-26(22,23)10-9-14(15(19)20)18-16(21)24-11-13-7-5-4-6-8-13/h4-8,14H,9-12H2,1-3H3,(H,18,21)(H,19,20). The average molecular weight is 387 g/mol. The van der Waals surface area contributed by atoms with E-state index in [1.165, 1.54) is 0 Å². The number of benzene rings is 1. The van der Waals surface area contributed by atoms with Crippen molar-refractivity contribution in [3.63, 3.8) is 0 Å². The van der Waals surface area contributed by atoms with Crippen LogP contribution in [0.3, 0.4) is 0 Å². The molecule has 1 aromatic rings. The molecule has 1 rings (SSSR count). The molecule has 26 heavy (non-hydrogen) atoms. The molecule has 0 aliphatic rings. The molecule has 1 atom stereocenters. The first kappa shape index (κ1) is 21.9. The van der Waals surface area contributed by atoms with Crippen molar-refractivity contribution in [3.8, 4) is 0 Å². The van der Waals surface area contributed by atoms with Gasteiger partial charge >= 0.3 is 12.1 Å². The summed E-state index contributed by atoms with van der Waals surface area (Å²) in [6.07, 6.45) is -1.27. The number of carboxylic acids is 1. The van der Waals surface area contributed by atoms with E-state index in [1.54, 1.807) is 24.3 Å². The molecule has 0 spiro atoms. The van der Waals surface area contributed by atoms with Crippen LogP contribution in [0.5, 0.6) is 0 Å². The number of amides is 1. The van der Waals surface area contributed by atoms with Crippen molar-refractivity contribution in [1.29, 1.82) is 0 Å². The minimum Gasteiger partial charge on any atom is -0.480 e. The monoisotopic (exact) mass is 387 g/mol. The van der Waals surface area contributed by atoms with Gasteiger partial charge in [-0.05, 0) is 17.4 Å². The van der Waals surface area contributed by atoms with Gasteiger partial charge in [0.15, 0.2) is 0 Å². The topological polar surface area (TPSA) is 119 Å². The summed E-state index contributed by atoms with van der Waals surface area (Å²) in [6.45, 7) is 5.40. The second kappa shape index (κ2) is 9.54. The van der Waals surface area contributed by atoms with Gasteiger partial charge < -0.3 is 15.2 Å². The summed E-state index contributed by atoms with van der Waals surface area (Å²) in [4.78, 5) is 23.0. The van der Waals surface area contributed by atoms with Crippen LogP contribution >= 0.6 is 0 Å². The average Bonchev–Trinajstić information content (AvgIpc) is 2.55. The van der Waals surface area contributed by atoms with Crippen molar-refractivity contribution < 1.29 is 32.0 Å². The summed E-state index contributed by atoms with van der Waals surface area (Å²) < 4.78 is 33.5. The van der Waals surface area contributed by atoms with Crippen molar-refractivity contribution in [1.82, 2.24) is 5.32 Å². The summed E-state index contributed by atoms with van der Waals surface area (Å²) in [5.74, 6) is -1.88. The molecule has 0 radical (unpaired) electrons. The van der Waals surface area contributed by atoms with Gasteiger partial charge in [0.25, 0.3) is 10.1 Å². The number of carbonyl (C=O) groups is 2. The summed E-state index contributed by atoms with van der Waals surface area (Å²) in [6, 6.07) is 7.47. The first-order valence-corrected chi connectivity index (χ1v) is 9.63. The van der Waals surface area contributed by atoms with Crippen molar-refractivity contribution in [2.24, 2.45) is 5.41 Å². The number of rotatable bonds is 9. The Balaban J connectivity index is 2.50. The lowest BCUT2D eigenvalue weighted by Crippen LogP contribution is -2.42. The number of alkyl carbamates (subject to hydrolysis) is 1. The van der Waals surface area contributed by atoms with Crippen LogP contribution in [-0.4, -0.2) is 44.0 Å². The molecule has 0 saturated carbocycles. The number of nitrogens with one attached hydrogen (secondary N) is 1. The SMILES string of the molecule is CC(C)(C)COS(=O)(=O)CCC(NC(=O)OCc1ccccc1)C(=O)O. The highest BCUT2D eigenvalue weighted by atomic mass is 32.2. The molecule has 0 heterocycles. The van der Waals surface area contributed by atoms with Crippen LogP contribution in [0.1, 0.15) is 32.8 Å². The van der Waals surface area contributed by atoms with Crippen molar-refractivity contribution in [2.45, 2.75) is 39.8 Å². The highest BCUT2D eigenvalue weighted by Gasteiger charge is 2.25. The molecule has 146 valence electrons. The van der Waals surface area contributed by atoms with E-state index in [0.29, 0.717) is 0 Å². The third-order valence-corrected chi connectivity index (χ3v) is 4.34. The van der Waals surface area contributed by atoms with Crippen molar-refractivity contribution in [2.75, 3.05) is 12.4 Å². The molecule has 1 unspecified atom stereocenters. The maximum Gasteiger partial charge on any atom is 0.408 e. The molecule has 9 heteroatoms. The molecule has 0 bridgehead atoms. The Labute approximate surface area is 153 Å². The van der Waals surface area contributed by atoms with Crippen LogP contribution in [-0.2, 0) is 30.4 Å². The predicted octanol–water partition coefficient (Wildman–Crippen LogP) is 2.15. The lowest BCUT2D eigenvalue weighted by atomic mass is 9.99. The number of hydrogen-bond donors (Lipinski definition) is 2. The van der Waals surface area contributed by atoms with E-state index in [4.69, 9.17) is 14.0 Å². The molecular formula is C17H25NO7S. The van der Waals surface area contributed by atoms with Crippen LogP contribution < -0.4 is 5.32 Å². The lowest BCUT2D eigenvalue weighted by molar-refractivity contribution is -0.139. The van der Waals surface area contributed by atoms with Gasteiger partial charge in [-0.25, -0.2) is 9.59 Å². The fourth-order valence-electron chi connectivity index (χ4n) is 1.75. The molecule has 0 saturated heterocycles. The molecule has 0 aliphatic heterocycles. The van der Waals surface area contributed by atoms with Crippen LogP contribution in [0.4, 0.5) is 4.79 Å². The number of hydrogen-bond acceptors (Lipinski definition) is 6. The normalized spacial score (nSPS) is 13.0. The molecule has 1 amide bonds. The zero-order chi connectivity index (χ0) is 19.8. The van der Waals surface area contributed by atoms with Crippen LogP contribution in [0.2, 0.25) is 0 Å². The van der Waals surface area contributed by atoms with Gasteiger partial charge in [0, 0.05) is 0 Å². The summed E-state index contributed by atoms with van der Waals surface area (Å²) >= 11 is 0. The molecule has 0 aliphatic carbocycles. The third-order valence-electron chi connectivity index (χ3n) is 3.13. The van der Waals surface area contributed by atoms with Gasteiger partial charge in [-0.15, -0.1) is 0 Å². The highest BCUT2D eigenvalue weighted by molar-refractivity contribution is 7.86. The van der Waals surface area contributed by atoms with Gasteiger partial charge in [-0.2, -0.15) is 8.42 Å². The third kappa shape index (κ3) is 9.38. The Morgan fingerprint density at radius 1 is 1.19 bits per heavy atom. The fourth-order valence-corrected chi connectivity index (χ4v) is 2.93. The largest absolute Gasteiger partial charge is 0.480 e. The number of aliphatic carboxylic acids is 1. The van der Waals surface area contributed by atoms with E-state index in [9.17, 15) is 18.0 Å². The second-order valence-corrected chi connectivity index (χ2v) is 8.73. The van der Waals surface area contributed by atoms with E-state index in [-0.39, 0.29) is 25.0 Å². The molecule has 0 fully saturated rings. The molecule has 2 N–H and O–H groups in total. The first-order chi connectivity index (χ1) is 12.0. The summed E-state index contributed by atoms with van der Waals surface area (Å²) in [5.41, 5.74) is 0.395. The Morgan fingerprint density at radius 2 is 1.81 bits per heavy atom. The Bertz CT molecular complexity index is 696. The maximum atomic E-state index is 11.8. The summed E-state index contributed by atoms with van der Waals surface area (Å²) in [5, 5.41) is 11.3. The molecule has 1 aromatic carbocycles. The van der Waals surface area contributed by atoms with Gasteiger partial charge in [0.05, 0.1) is 12.4 Å². The minimum absolute atomic E-state index is 0.0143. The van der Waals surface area contributed by atoms with E-state index in [1.807, 2.05) is 26.8 Å². The number of carbonyl (C=O) groups excluding carboxylic acids is 1. The van der Waals surface area contributed by atoms with Gasteiger partial charge in [-0.3, -0.25) is 4.18 Å². The Hall–Kier alpha value is -2.13. The van der Waals surface area contributed by atoms with E-state index in [2.05, 4.69) is 5.32 Å². The van der Waals surface area contributed by atoms with Gasteiger partial charge in [-0.1, -0.05) is 51.1 Å². The smallest absolute Gasteiger partial charge is 0.408 e. The quantitative estimate of drug-likeness (QED) is 0.623. The predicted molar refractivity (Wildman–Crippen MR) is 95.0 cm³/mol. The van der Waals surface area contributed by atoms with Crippen molar-refractivity contribution in [3.05, 3.63) is 35.9 Å². The fraction of sp³-hybridized carbons (Fsp3) is 0.529. The Kier molecular flexibility index (Phi) is 8.04. The molecular weight excluding hydrogens is 362 g/mol. The molecule has 8 nitrogen and oxygen atoms in total. The highest BCUT2D eigenvalue weighted by Crippen LogP contribution is 2.15. The minimum atomic E-state index is -3.89. The van der Waals surface area contributed by atoms with Gasteiger partial charge in [0.1, 0.15) is 12.6 Å². The van der Waals surface area contributed by atoms with E-state index >= 15 is 0 Å². The van der Waals surface area contributed by atoms with Crippen molar-refractivity contribution >= 4 is 22.2 Å². The zero-order valence-corrected chi connectivity index (χ0v) is 15.9. The summed E-state index contributed by atoms with van der Waals surface area (Å²) in [7, 11) is -3.89. The zero-order valence-electron chi connectivity index (χ0n) is 15.1.